The summed E-state index contributed by atoms with van der Waals surface area (Å²) in [5, 5.41) is 1.50. The number of aryl methyl sites for hydroxylation is 1. The first-order valence-corrected chi connectivity index (χ1v) is 9.68. The van der Waals surface area contributed by atoms with E-state index in [1.165, 1.54) is 5.56 Å². The molecular weight excluding hydrogens is 401 g/mol. The Hall–Kier alpha value is -2.00. The Bertz CT molecular complexity index is 929. The molecule has 0 heterocycles. The van der Waals surface area contributed by atoms with Crippen molar-refractivity contribution in [2.45, 2.75) is 20.0 Å². The van der Waals surface area contributed by atoms with Crippen molar-refractivity contribution in [2.24, 2.45) is 4.99 Å². The third kappa shape index (κ3) is 5.26. The van der Waals surface area contributed by atoms with E-state index in [4.69, 9.17) is 39.5 Å². The number of hydrogen-bond donors (Lipinski definition) is 0. The molecule has 3 aromatic rings. The number of rotatable bonds is 6. The van der Waals surface area contributed by atoms with Gasteiger partial charge < -0.3 is 4.74 Å². The van der Waals surface area contributed by atoms with Gasteiger partial charge in [0, 0.05) is 16.8 Å². The van der Waals surface area contributed by atoms with E-state index in [0.717, 1.165) is 23.2 Å². The van der Waals surface area contributed by atoms with Gasteiger partial charge in [0.15, 0.2) is 5.75 Å². The quantitative estimate of drug-likeness (QED) is 0.379. The minimum absolute atomic E-state index is 0.288. The first-order chi connectivity index (χ1) is 13.1. The van der Waals surface area contributed by atoms with E-state index in [-0.39, 0.29) is 6.61 Å². The second-order valence-corrected chi connectivity index (χ2v) is 7.19. The third-order valence-corrected chi connectivity index (χ3v) is 4.99. The SMILES string of the molecule is CCc1ccc(N=Cc2cc(Cl)c(OCc3ccccc3Cl)c(Cl)c2)cc1. The number of ether oxygens (including phenoxy) is 1. The van der Waals surface area contributed by atoms with Gasteiger partial charge in [-0.25, -0.2) is 0 Å². The van der Waals surface area contributed by atoms with Gasteiger partial charge in [-0.15, -0.1) is 0 Å². The fraction of sp³-hybridized carbons (Fsp3) is 0.136. The zero-order valence-electron chi connectivity index (χ0n) is 14.8. The Morgan fingerprint density at radius 3 is 2.19 bits per heavy atom. The van der Waals surface area contributed by atoms with Gasteiger partial charge in [-0.3, -0.25) is 4.99 Å². The number of nitrogens with zero attached hydrogens (tertiary/aromatic N) is 1. The molecule has 0 bridgehead atoms. The van der Waals surface area contributed by atoms with Gasteiger partial charge in [0.25, 0.3) is 0 Å². The Morgan fingerprint density at radius 2 is 1.56 bits per heavy atom. The van der Waals surface area contributed by atoms with Crippen LogP contribution in [0, 0.1) is 0 Å². The van der Waals surface area contributed by atoms with Crippen LogP contribution in [0.1, 0.15) is 23.6 Å². The standard InChI is InChI=1S/C22H18Cl3NO/c1-2-15-7-9-18(10-8-15)26-13-16-11-20(24)22(21(25)12-16)27-14-17-5-3-4-6-19(17)23/h3-13H,2,14H2,1H3. The minimum Gasteiger partial charge on any atom is -0.486 e. The van der Waals surface area contributed by atoms with Crippen molar-refractivity contribution in [2.75, 3.05) is 0 Å². The summed E-state index contributed by atoms with van der Waals surface area (Å²) < 4.78 is 5.78. The van der Waals surface area contributed by atoms with Crippen molar-refractivity contribution in [3.05, 3.63) is 92.4 Å². The van der Waals surface area contributed by atoms with Gasteiger partial charge in [-0.1, -0.05) is 72.1 Å². The van der Waals surface area contributed by atoms with Gasteiger partial charge in [0.1, 0.15) is 6.61 Å². The average Bonchev–Trinajstić information content (AvgIpc) is 2.67. The lowest BCUT2D eigenvalue weighted by Crippen LogP contribution is -1.98. The third-order valence-electron chi connectivity index (χ3n) is 4.06. The van der Waals surface area contributed by atoms with Gasteiger partial charge in [-0.2, -0.15) is 0 Å². The Kier molecular flexibility index (Phi) is 6.78. The molecule has 138 valence electrons. The van der Waals surface area contributed by atoms with Crippen LogP contribution in [0.5, 0.6) is 5.75 Å². The second kappa shape index (κ2) is 9.27. The smallest absolute Gasteiger partial charge is 0.157 e. The first-order valence-electron chi connectivity index (χ1n) is 8.55. The van der Waals surface area contributed by atoms with Crippen molar-refractivity contribution in [3.63, 3.8) is 0 Å². The molecule has 0 fully saturated rings. The molecule has 3 aromatic carbocycles. The molecule has 0 spiro atoms. The molecule has 3 rings (SSSR count). The van der Waals surface area contributed by atoms with E-state index >= 15 is 0 Å². The number of halogens is 3. The average molecular weight is 419 g/mol. The molecule has 5 heteroatoms. The van der Waals surface area contributed by atoms with E-state index < -0.39 is 0 Å². The van der Waals surface area contributed by atoms with Gasteiger partial charge >= 0.3 is 0 Å². The zero-order valence-corrected chi connectivity index (χ0v) is 17.0. The summed E-state index contributed by atoms with van der Waals surface area (Å²) >= 11 is 18.9. The molecule has 0 aromatic heterocycles. The molecule has 0 atom stereocenters. The molecule has 2 nitrogen and oxygen atoms in total. The maximum absolute atomic E-state index is 6.36. The summed E-state index contributed by atoms with van der Waals surface area (Å²) in [6.07, 6.45) is 2.74. The number of benzene rings is 3. The minimum atomic E-state index is 0.288. The Balaban J connectivity index is 1.74. The summed E-state index contributed by atoms with van der Waals surface area (Å²) in [5.41, 5.74) is 3.82. The van der Waals surface area contributed by atoms with Crippen LogP contribution in [-0.4, -0.2) is 6.21 Å². The molecule has 0 saturated heterocycles. The molecule has 0 saturated carbocycles. The normalized spacial score (nSPS) is 11.1. The number of hydrogen-bond acceptors (Lipinski definition) is 2. The molecule has 0 N–H and O–H groups in total. The molecular formula is C22H18Cl3NO. The highest BCUT2D eigenvalue weighted by molar-refractivity contribution is 6.37. The molecule has 0 amide bonds. The fourth-order valence-electron chi connectivity index (χ4n) is 2.52. The Morgan fingerprint density at radius 1 is 0.889 bits per heavy atom. The lowest BCUT2D eigenvalue weighted by molar-refractivity contribution is 0.306. The van der Waals surface area contributed by atoms with Crippen LogP contribution in [0.4, 0.5) is 5.69 Å². The Labute approximate surface area is 174 Å². The van der Waals surface area contributed by atoms with E-state index in [9.17, 15) is 0 Å². The summed E-state index contributed by atoms with van der Waals surface area (Å²) in [7, 11) is 0. The predicted molar refractivity (Wildman–Crippen MR) is 115 cm³/mol. The van der Waals surface area contributed by atoms with Crippen molar-refractivity contribution in [1.82, 2.24) is 0 Å². The van der Waals surface area contributed by atoms with Crippen molar-refractivity contribution >= 4 is 46.7 Å². The van der Waals surface area contributed by atoms with Crippen LogP contribution in [0.25, 0.3) is 0 Å². The van der Waals surface area contributed by atoms with Crippen molar-refractivity contribution in [3.8, 4) is 5.75 Å². The lowest BCUT2D eigenvalue weighted by atomic mass is 10.1. The zero-order chi connectivity index (χ0) is 19.2. The van der Waals surface area contributed by atoms with Gasteiger partial charge in [-0.05, 0) is 47.9 Å². The summed E-state index contributed by atoms with van der Waals surface area (Å²) in [6, 6.07) is 19.1. The van der Waals surface area contributed by atoms with Crippen LogP contribution in [0.2, 0.25) is 15.1 Å². The van der Waals surface area contributed by atoms with E-state index in [0.29, 0.717) is 20.8 Å². The molecule has 27 heavy (non-hydrogen) atoms. The summed E-state index contributed by atoms with van der Waals surface area (Å²) in [5.74, 6) is 0.433. The van der Waals surface area contributed by atoms with Gasteiger partial charge in [0.2, 0.25) is 0 Å². The topological polar surface area (TPSA) is 21.6 Å². The van der Waals surface area contributed by atoms with E-state index in [1.807, 2.05) is 36.4 Å². The molecule has 0 radical (unpaired) electrons. The highest BCUT2D eigenvalue weighted by atomic mass is 35.5. The summed E-state index contributed by atoms with van der Waals surface area (Å²) in [6.45, 7) is 2.41. The van der Waals surface area contributed by atoms with Crippen molar-refractivity contribution in [1.29, 1.82) is 0 Å². The van der Waals surface area contributed by atoms with Crippen LogP contribution >= 0.6 is 34.8 Å². The first kappa shape index (κ1) is 19.8. The molecule has 0 aliphatic carbocycles. The summed E-state index contributed by atoms with van der Waals surface area (Å²) in [4.78, 5) is 4.47. The maximum Gasteiger partial charge on any atom is 0.157 e. The molecule has 0 aliphatic heterocycles. The van der Waals surface area contributed by atoms with Crippen LogP contribution in [0.15, 0.2) is 65.7 Å². The van der Waals surface area contributed by atoms with Crippen LogP contribution < -0.4 is 4.74 Å². The van der Waals surface area contributed by atoms with Gasteiger partial charge in [0.05, 0.1) is 15.7 Å². The predicted octanol–water partition coefficient (Wildman–Crippen LogP) is 7.54. The second-order valence-electron chi connectivity index (χ2n) is 5.97. The van der Waals surface area contributed by atoms with E-state index in [1.54, 1.807) is 18.3 Å². The lowest BCUT2D eigenvalue weighted by Gasteiger charge is -2.11. The monoisotopic (exact) mass is 417 g/mol. The highest BCUT2D eigenvalue weighted by Crippen LogP contribution is 2.35. The maximum atomic E-state index is 6.36. The molecule has 0 aliphatic rings. The highest BCUT2D eigenvalue weighted by Gasteiger charge is 2.10. The number of aliphatic imine (C=N–C) groups is 1. The van der Waals surface area contributed by atoms with E-state index in [2.05, 4.69) is 24.0 Å². The molecule has 0 unspecified atom stereocenters. The van der Waals surface area contributed by atoms with Crippen LogP contribution in [0.3, 0.4) is 0 Å². The van der Waals surface area contributed by atoms with Crippen molar-refractivity contribution < 1.29 is 4.74 Å². The van der Waals surface area contributed by atoms with Crippen LogP contribution in [-0.2, 0) is 13.0 Å². The fourth-order valence-corrected chi connectivity index (χ4v) is 3.33. The largest absolute Gasteiger partial charge is 0.486 e.